The molecule has 0 N–H and O–H groups in total. The van der Waals surface area contributed by atoms with Crippen LogP contribution in [0.1, 0.15) is 11.5 Å². The Bertz CT molecular complexity index is 287. The maximum absolute atomic E-state index is 5.39. The first-order valence-corrected chi connectivity index (χ1v) is 5.59. The van der Waals surface area contributed by atoms with Gasteiger partial charge in [-0.05, 0) is 13.8 Å². The molecule has 0 aliphatic carbocycles. The van der Waals surface area contributed by atoms with Crippen molar-refractivity contribution in [1.82, 2.24) is 4.98 Å². The van der Waals surface area contributed by atoms with Crippen LogP contribution in [0.15, 0.2) is 21.8 Å². The molecule has 0 unspecified atom stereocenters. The molecule has 13 heavy (non-hydrogen) atoms. The molecule has 0 atom stereocenters. The summed E-state index contributed by atoms with van der Waals surface area (Å²) in [6.45, 7) is 7.71. The SMILES string of the molecule is C=C(CS)CSc1nc(C)c(C)o1. The molecule has 1 rings (SSSR count). The van der Waals surface area contributed by atoms with Crippen molar-refractivity contribution >= 4 is 24.4 Å². The number of aromatic nitrogens is 1. The molecule has 1 aromatic rings. The molecule has 1 aromatic heterocycles. The van der Waals surface area contributed by atoms with Gasteiger partial charge in [-0.2, -0.15) is 12.6 Å². The molecule has 0 aromatic carbocycles. The molecule has 0 saturated carbocycles. The summed E-state index contributed by atoms with van der Waals surface area (Å²) in [6.07, 6.45) is 0. The number of aryl methyl sites for hydroxylation is 2. The predicted molar refractivity (Wildman–Crippen MR) is 59.7 cm³/mol. The van der Waals surface area contributed by atoms with Gasteiger partial charge in [0.15, 0.2) is 0 Å². The summed E-state index contributed by atoms with van der Waals surface area (Å²) < 4.78 is 5.39. The van der Waals surface area contributed by atoms with Crippen molar-refractivity contribution in [2.24, 2.45) is 0 Å². The van der Waals surface area contributed by atoms with E-state index in [9.17, 15) is 0 Å². The Morgan fingerprint density at radius 1 is 1.62 bits per heavy atom. The standard InChI is InChI=1S/C9H13NOS2/c1-6(4-12)5-13-9-10-7(2)8(3)11-9/h12H,1,4-5H2,2-3H3. The molecule has 0 saturated heterocycles. The van der Waals surface area contributed by atoms with E-state index in [0.717, 1.165) is 28.0 Å². The first-order valence-electron chi connectivity index (χ1n) is 3.98. The minimum absolute atomic E-state index is 0.714. The molecule has 0 spiro atoms. The van der Waals surface area contributed by atoms with Gasteiger partial charge in [-0.1, -0.05) is 23.9 Å². The smallest absolute Gasteiger partial charge is 0.256 e. The van der Waals surface area contributed by atoms with Gasteiger partial charge in [0.2, 0.25) is 0 Å². The van der Waals surface area contributed by atoms with Crippen LogP contribution < -0.4 is 0 Å². The highest BCUT2D eigenvalue weighted by Gasteiger charge is 2.05. The van der Waals surface area contributed by atoms with Crippen molar-refractivity contribution in [3.8, 4) is 0 Å². The normalized spacial score (nSPS) is 10.4. The van der Waals surface area contributed by atoms with Crippen molar-refractivity contribution in [2.45, 2.75) is 19.1 Å². The first kappa shape index (κ1) is 10.7. The lowest BCUT2D eigenvalue weighted by atomic mass is 10.4. The summed E-state index contributed by atoms with van der Waals surface area (Å²) >= 11 is 5.69. The van der Waals surface area contributed by atoms with Gasteiger partial charge in [0.25, 0.3) is 5.22 Å². The molecule has 0 aliphatic heterocycles. The number of nitrogens with zero attached hydrogens (tertiary/aromatic N) is 1. The van der Waals surface area contributed by atoms with Crippen LogP contribution >= 0.6 is 24.4 Å². The first-order chi connectivity index (χ1) is 6.13. The molecule has 0 aliphatic rings. The van der Waals surface area contributed by atoms with Crippen molar-refractivity contribution < 1.29 is 4.42 Å². The second-order valence-corrected chi connectivity index (χ2v) is 4.06. The summed E-state index contributed by atoms with van der Waals surface area (Å²) in [4.78, 5) is 4.25. The van der Waals surface area contributed by atoms with E-state index in [1.807, 2.05) is 13.8 Å². The third kappa shape index (κ3) is 3.12. The lowest BCUT2D eigenvalue weighted by Gasteiger charge is -1.96. The zero-order valence-electron chi connectivity index (χ0n) is 7.83. The summed E-state index contributed by atoms with van der Waals surface area (Å²) in [5, 5.41) is 0.720. The van der Waals surface area contributed by atoms with Gasteiger partial charge in [-0.15, -0.1) is 0 Å². The van der Waals surface area contributed by atoms with Crippen LogP contribution in [-0.4, -0.2) is 16.5 Å². The van der Waals surface area contributed by atoms with E-state index >= 15 is 0 Å². The second kappa shape index (κ2) is 4.77. The maximum Gasteiger partial charge on any atom is 0.256 e. The Labute approximate surface area is 88.2 Å². The quantitative estimate of drug-likeness (QED) is 0.475. The minimum atomic E-state index is 0.714. The van der Waals surface area contributed by atoms with Gasteiger partial charge >= 0.3 is 0 Å². The van der Waals surface area contributed by atoms with Gasteiger partial charge in [0.1, 0.15) is 5.76 Å². The number of thioether (sulfide) groups is 1. The zero-order valence-corrected chi connectivity index (χ0v) is 9.54. The van der Waals surface area contributed by atoms with Gasteiger partial charge in [-0.25, -0.2) is 4.98 Å². The predicted octanol–water partition coefficient (Wildman–Crippen LogP) is 2.87. The highest BCUT2D eigenvalue weighted by atomic mass is 32.2. The van der Waals surface area contributed by atoms with Crippen molar-refractivity contribution in [1.29, 1.82) is 0 Å². The van der Waals surface area contributed by atoms with Crippen LogP contribution in [0.25, 0.3) is 0 Å². The number of hydrogen-bond donors (Lipinski definition) is 1. The monoisotopic (exact) mass is 215 g/mol. The van der Waals surface area contributed by atoms with Crippen LogP contribution in [0.4, 0.5) is 0 Å². The number of hydrogen-bond acceptors (Lipinski definition) is 4. The fraction of sp³-hybridized carbons (Fsp3) is 0.444. The fourth-order valence-corrected chi connectivity index (χ4v) is 1.79. The Balaban J connectivity index is 2.50. The highest BCUT2D eigenvalue weighted by molar-refractivity contribution is 7.99. The van der Waals surface area contributed by atoms with Crippen LogP contribution in [-0.2, 0) is 0 Å². The lowest BCUT2D eigenvalue weighted by molar-refractivity contribution is 0.431. The van der Waals surface area contributed by atoms with Crippen LogP contribution in [0.3, 0.4) is 0 Å². The Kier molecular flexibility index (Phi) is 3.93. The zero-order chi connectivity index (χ0) is 9.84. The van der Waals surface area contributed by atoms with Crippen molar-refractivity contribution in [2.75, 3.05) is 11.5 Å². The minimum Gasteiger partial charge on any atom is -0.437 e. The van der Waals surface area contributed by atoms with E-state index in [4.69, 9.17) is 4.42 Å². The molecule has 72 valence electrons. The van der Waals surface area contributed by atoms with Crippen molar-refractivity contribution in [3.05, 3.63) is 23.6 Å². The number of thiol groups is 1. The Morgan fingerprint density at radius 2 is 2.31 bits per heavy atom. The average molecular weight is 215 g/mol. The van der Waals surface area contributed by atoms with Gasteiger partial charge in [0.05, 0.1) is 5.69 Å². The number of oxazole rings is 1. The summed E-state index contributed by atoms with van der Waals surface area (Å²) in [5.41, 5.74) is 2.04. The summed E-state index contributed by atoms with van der Waals surface area (Å²) in [7, 11) is 0. The lowest BCUT2D eigenvalue weighted by Crippen LogP contribution is -1.86. The van der Waals surface area contributed by atoms with Crippen LogP contribution in [0, 0.1) is 13.8 Å². The van der Waals surface area contributed by atoms with Crippen LogP contribution in [0.2, 0.25) is 0 Å². The molecule has 4 heteroatoms. The third-order valence-corrected chi connectivity index (χ3v) is 3.05. The summed E-state index contributed by atoms with van der Waals surface area (Å²) in [5.74, 6) is 2.42. The van der Waals surface area contributed by atoms with E-state index in [1.165, 1.54) is 0 Å². The van der Waals surface area contributed by atoms with Crippen molar-refractivity contribution in [3.63, 3.8) is 0 Å². The van der Waals surface area contributed by atoms with E-state index in [0.29, 0.717) is 5.75 Å². The molecular formula is C9H13NOS2. The topological polar surface area (TPSA) is 26.0 Å². The molecule has 0 radical (unpaired) electrons. The van der Waals surface area contributed by atoms with E-state index in [1.54, 1.807) is 11.8 Å². The Morgan fingerprint density at radius 3 is 2.77 bits per heavy atom. The average Bonchev–Trinajstić information content (AvgIpc) is 2.42. The molecule has 0 bridgehead atoms. The van der Waals surface area contributed by atoms with Crippen LogP contribution in [0.5, 0.6) is 0 Å². The second-order valence-electron chi connectivity index (χ2n) is 2.82. The van der Waals surface area contributed by atoms with Gasteiger partial charge < -0.3 is 4.42 Å². The fourth-order valence-electron chi connectivity index (χ4n) is 0.714. The third-order valence-electron chi connectivity index (χ3n) is 1.63. The number of rotatable bonds is 4. The molecule has 2 nitrogen and oxygen atoms in total. The van der Waals surface area contributed by atoms with E-state index in [2.05, 4.69) is 24.2 Å². The molecular weight excluding hydrogens is 202 g/mol. The molecule has 1 heterocycles. The van der Waals surface area contributed by atoms with Gasteiger partial charge in [-0.3, -0.25) is 0 Å². The van der Waals surface area contributed by atoms with Gasteiger partial charge in [0, 0.05) is 11.5 Å². The van der Waals surface area contributed by atoms with E-state index in [-0.39, 0.29) is 0 Å². The largest absolute Gasteiger partial charge is 0.437 e. The molecule has 0 fully saturated rings. The Hall–Kier alpha value is -0.350. The maximum atomic E-state index is 5.39. The summed E-state index contributed by atoms with van der Waals surface area (Å²) in [6, 6.07) is 0. The van der Waals surface area contributed by atoms with E-state index < -0.39 is 0 Å². The highest BCUT2D eigenvalue weighted by Crippen LogP contribution is 2.21. The molecule has 0 amide bonds.